The number of nitrogens with two attached hydrogens (primary N) is 1. The molecule has 102 valence electrons. The minimum atomic E-state index is 0.420. The largest absolute Gasteiger partial charge is 0.369 e. The monoisotopic (exact) mass is 277 g/mol. The Hall–Kier alpha value is -1.22. The third kappa shape index (κ3) is 2.20. The van der Waals surface area contributed by atoms with Gasteiger partial charge in [0.05, 0.1) is 16.1 Å². The van der Waals surface area contributed by atoms with Gasteiger partial charge in [0, 0.05) is 6.04 Å². The maximum atomic E-state index is 6.35. The van der Waals surface area contributed by atoms with Crippen molar-refractivity contribution in [1.82, 2.24) is 9.55 Å². The minimum absolute atomic E-state index is 0.420. The molecule has 0 spiro atoms. The molecule has 1 saturated carbocycles. The van der Waals surface area contributed by atoms with E-state index >= 15 is 0 Å². The van der Waals surface area contributed by atoms with E-state index < -0.39 is 0 Å². The molecule has 0 bridgehead atoms. The standard InChI is InChI=1S/C15H20ClN3/c1-9-6-10(2)8-11(7-9)19-14-12(16)4-3-5-13(14)18-15(19)17/h3-5,9-11H,6-8H2,1-2H3,(H2,17,18). The normalized spacial score (nSPS) is 27.8. The van der Waals surface area contributed by atoms with Gasteiger partial charge in [0.2, 0.25) is 5.95 Å². The van der Waals surface area contributed by atoms with Gasteiger partial charge in [0.25, 0.3) is 0 Å². The fourth-order valence-electron chi connectivity index (χ4n) is 3.61. The van der Waals surface area contributed by atoms with Crippen LogP contribution in [0.15, 0.2) is 18.2 Å². The molecule has 0 amide bonds. The number of anilines is 1. The van der Waals surface area contributed by atoms with E-state index in [0.717, 1.165) is 40.7 Å². The van der Waals surface area contributed by atoms with Gasteiger partial charge in [-0.25, -0.2) is 4.98 Å². The van der Waals surface area contributed by atoms with E-state index in [1.807, 2.05) is 18.2 Å². The van der Waals surface area contributed by atoms with Crippen LogP contribution in [-0.2, 0) is 0 Å². The van der Waals surface area contributed by atoms with Crippen molar-refractivity contribution >= 4 is 28.6 Å². The quantitative estimate of drug-likeness (QED) is 0.846. The number of nitrogens with zero attached hydrogens (tertiary/aromatic N) is 2. The average Bonchev–Trinajstić information content (AvgIpc) is 2.65. The first kappa shape index (κ1) is 12.8. The Morgan fingerprint density at radius 2 is 1.89 bits per heavy atom. The molecule has 2 aromatic rings. The second-order valence-corrected chi connectivity index (χ2v) is 6.43. The lowest BCUT2D eigenvalue weighted by Crippen LogP contribution is -2.23. The van der Waals surface area contributed by atoms with E-state index in [1.165, 1.54) is 6.42 Å². The van der Waals surface area contributed by atoms with Gasteiger partial charge < -0.3 is 10.3 Å². The lowest BCUT2D eigenvalue weighted by Gasteiger charge is -2.33. The molecule has 3 rings (SSSR count). The second-order valence-electron chi connectivity index (χ2n) is 6.02. The average molecular weight is 278 g/mol. The van der Waals surface area contributed by atoms with Gasteiger partial charge in [-0.05, 0) is 43.2 Å². The number of benzene rings is 1. The van der Waals surface area contributed by atoms with Crippen molar-refractivity contribution in [3.63, 3.8) is 0 Å². The predicted molar refractivity (Wildman–Crippen MR) is 80.4 cm³/mol. The molecule has 0 radical (unpaired) electrons. The summed E-state index contributed by atoms with van der Waals surface area (Å²) in [5.41, 5.74) is 8.03. The highest BCUT2D eigenvalue weighted by molar-refractivity contribution is 6.35. The van der Waals surface area contributed by atoms with E-state index in [9.17, 15) is 0 Å². The smallest absolute Gasteiger partial charge is 0.201 e. The Kier molecular flexibility index (Phi) is 3.17. The summed E-state index contributed by atoms with van der Waals surface area (Å²) in [6.45, 7) is 4.64. The zero-order valence-electron chi connectivity index (χ0n) is 11.4. The number of fused-ring (bicyclic) bond motifs is 1. The van der Waals surface area contributed by atoms with Crippen molar-refractivity contribution in [2.45, 2.75) is 39.2 Å². The molecule has 1 aliphatic rings. The van der Waals surface area contributed by atoms with Gasteiger partial charge in [-0.1, -0.05) is 31.5 Å². The number of halogens is 1. The van der Waals surface area contributed by atoms with Gasteiger partial charge in [-0.15, -0.1) is 0 Å². The fourth-order valence-corrected chi connectivity index (χ4v) is 3.87. The maximum Gasteiger partial charge on any atom is 0.201 e. The molecule has 1 aromatic heterocycles. The van der Waals surface area contributed by atoms with E-state index in [4.69, 9.17) is 17.3 Å². The van der Waals surface area contributed by atoms with E-state index in [1.54, 1.807) is 0 Å². The summed E-state index contributed by atoms with van der Waals surface area (Å²) in [4.78, 5) is 4.46. The molecule has 1 aliphatic carbocycles. The number of aromatic nitrogens is 2. The summed E-state index contributed by atoms with van der Waals surface area (Å²) in [6.07, 6.45) is 3.62. The summed E-state index contributed by atoms with van der Waals surface area (Å²) in [5, 5.41) is 0.743. The molecule has 1 fully saturated rings. The van der Waals surface area contributed by atoms with Crippen molar-refractivity contribution in [3.05, 3.63) is 23.2 Å². The predicted octanol–water partition coefficient (Wildman–Crippen LogP) is 4.27. The number of nitrogen functional groups attached to an aromatic ring is 1. The van der Waals surface area contributed by atoms with Crippen LogP contribution in [0.5, 0.6) is 0 Å². The summed E-state index contributed by atoms with van der Waals surface area (Å²) >= 11 is 6.35. The summed E-state index contributed by atoms with van der Waals surface area (Å²) in [7, 11) is 0. The van der Waals surface area contributed by atoms with Crippen LogP contribution in [0, 0.1) is 11.8 Å². The molecule has 19 heavy (non-hydrogen) atoms. The molecular weight excluding hydrogens is 258 g/mol. The van der Waals surface area contributed by atoms with Crippen molar-refractivity contribution in [1.29, 1.82) is 0 Å². The molecule has 1 heterocycles. The number of rotatable bonds is 1. The van der Waals surface area contributed by atoms with Gasteiger partial charge in [-0.2, -0.15) is 0 Å². The number of para-hydroxylation sites is 1. The molecule has 3 nitrogen and oxygen atoms in total. The Balaban J connectivity index is 2.11. The van der Waals surface area contributed by atoms with Gasteiger partial charge in [0.1, 0.15) is 0 Å². The first-order valence-corrected chi connectivity index (χ1v) is 7.36. The van der Waals surface area contributed by atoms with Crippen LogP contribution >= 0.6 is 11.6 Å². The highest BCUT2D eigenvalue weighted by Crippen LogP contribution is 2.40. The number of imidazole rings is 1. The third-order valence-corrected chi connectivity index (χ3v) is 4.51. The van der Waals surface area contributed by atoms with Gasteiger partial charge >= 0.3 is 0 Å². The zero-order chi connectivity index (χ0) is 13.6. The number of hydrogen-bond donors (Lipinski definition) is 1. The molecule has 0 saturated heterocycles. The Labute approximate surface area is 118 Å². The molecule has 2 atom stereocenters. The lowest BCUT2D eigenvalue weighted by molar-refractivity contribution is 0.226. The first-order valence-electron chi connectivity index (χ1n) is 6.98. The van der Waals surface area contributed by atoms with Crippen LogP contribution in [0.1, 0.15) is 39.2 Å². The maximum absolute atomic E-state index is 6.35. The second kappa shape index (κ2) is 4.71. The van der Waals surface area contributed by atoms with E-state index in [2.05, 4.69) is 23.4 Å². The molecule has 4 heteroatoms. The molecule has 2 N–H and O–H groups in total. The Morgan fingerprint density at radius 3 is 2.58 bits per heavy atom. The number of hydrogen-bond acceptors (Lipinski definition) is 2. The van der Waals surface area contributed by atoms with E-state index in [-0.39, 0.29) is 0 Å². The van der Waals surface area contributed by atoms with Crippen molar-refractivity contribution in [2.24, 2.45) is 11.8 Å². The molecule has 0 aliphatic heterocycles. The highest BCUT2D eigenvalue weighted by Gasteiger charge is 2.28. The van der Waals surface area contributed by atoms with Crippen LogP contribution in [-0.4, -0.2) is 9.55 Å². The minimum Gasteiger partial charge on any atom is -0.369 e. The topological polar surface area (TPSA) is 43.8 Å². The molecule has 1 aromatic carbocycles. The first-order chi connectivity index (χ1) is 9.06. The van der Waals surface area contributed by atoms with Crippen LogP contribution in [0.3, 0.4) is 0 Å². The SMILES string of the molecule is CC1CC(C)CC(n2c(N)nc3cccc(Cl)c32)C1. The highest BCUT2D eigenvalue weighted by atomic mass is 35.5. The third-order valence-electron chi connectivity index (χ3n) is 4.21. The summed E-state index contributed by atoms with van der Waals surface area (Å²) in [6, 6.07) is 6.23. The van der Waals surface area contributed by atoms with Crippen molar-refractivity contribution in [2.75, 3.05) is 5.73 Å². The Bertz CT molecular complexity index is 595. The van der Waals surface area contributed by atoms with Gasteiger partial charge in [-0.3, -0.25) is 0 Å². The van der Waals surface area contributed by atoms with Crippen LogP contribution in [0.2, 0.25) is 5.02 Å². The fraction of sp³-hybridized carbons (Fsp3) is 0.533. The van der Waals surface area contributed by atoms with Crippen LogP contribution in [0.4, 0.5) is 5.95 Å². The zero-order valence-corrected chi connectivity index (χ0v) is 12.2. The summed E-state index contributed by atoms with van der Waals surface area (Å²) < 4.78 is 2.16. The van der Waals surface area contributed by atoms with Crippen molar-refractivity contribution < 1.29 is 0 Å². The Morgan fingerprint density at radius 1 is 1.21 bits per heavy atom. The van der Waals surface area contributed by atoms with Gasteiger partial charge in [0.15, 0.2) is 0 Å². The van der Waals surface area contributed by atoms with Crippen molar-refractivity contribution in [3.8, 4) is 0 Å². The van der Waals surface area contributed by atoms with Crippen LogP contribution in [0.25, 0.3) is 11.0 Å². The van der Waals surface area contributed by atoms with Crippen LogP contribution < -0.4 is 5.73 Å². The van der Waals surface area contributed by atoms with E-state index in [0.29, 0.717) is 12.0 Å². The summed E-state index contributed by atoms with van der Waals surface area (Å²) in [5.74, 6) is 2.05. The molecule has 2 unspecified atom stereocenters. The lowest BCUT2D eigenvalue weighted by atomic mass is 9.80. The molecular formula is C15H20ClN3.